The first kappa shape index (κ1) is 13.5. The summed E-state index contributed by atoms with van der Waals surface area (Å²) in [5, 5.41) is 9.02. The summed E-state index contributed by atoms with van der Waals surface area (Å²) in [6.45, 7) is -0.367. The van der Waals surface area contributed by atoms with E-state index in [1.807, 2.05) is 0 Å². The molecule has 0 aliphatic rings. The van der Waals surface area contributed by atoms with Crippen LogP contribution in [0.25, 0.3) is 0 Å². The van der Waals surface area contributed by atoms with Gasteiger partial charge in [-0.3, -0.25) is 4.79 Å². The number of carboxylic acid groups (broad SMARTS) is 1. The minimum Gasteiger partial charge on any atom is -0.480 e. The van der Waals surface area contributed by atoms with Crippen molar-refractivity contribution >= 4 is 5.97 Å². The fourth-order valence-electron chi connectivity index (χ4n) is 1.70. The van der Waals surface area contributed by atoms with Crippen molar-refractivity contribution in [3.63, 3.8) is 0 Å². The number of alkyl halides is 2. The van der Waals surface area contributed by atoms with Crippen LogP contribution in [0.1, 0.15) is 12.5 Å². The van der Waals surface area contributed by atoms with Gasteiger partial charge in [0.25, 0.3) is 5.92 Å². The summed E-state index contributed by atoms with van der Waals surface area (Å²) >= 11 is 0. The maximum absolute atomic E-state index is 13.5. The first-order valence-corrected chi connectivity index (χ1v) is 4.83. The van der Waals surface area contributed by atoms with Gasteiger partial charge in [-0.05, 0) is 17.7 Å². The lowest BCUT2D eigenvalue weighted by atomic mass is 9.75. The molecule has 0 saturated heterocycles. The fraction of sp³-hybridized carbons (Fsp3) is 0.364. The van der Waals surface area contributed by atoms with E-state index >= 15 is 0 Å². The third-order valence-corrected chi connectivity index (χ3v) is 2.74. The molecule has 1 aromatic rings. The number of nitrogens with two attached hydrogens (primary N) is 1. The number of carbonyl (C=O) groups is 1. The van der Waals surface area contributed by atoms with Crippen LogP contribution in [0.15, 0.2) is 24.3 Å². The zero-order valence-corrected chi connectivity index (χ0v) is 9.08. The lowest BCUT2D eigenvalue weighted by Gasteiger charge is -2.33. The van der Waals surface area contributed by atoms with Gasteiger partial charge < -0.3 is 10.8 Å². The van der Waals surface area contributed by atoms with Gasteiger partial charge in [-0.25, -0.2) is 13.2 Å². The van der Waals surface area contributed by atoms with Crippen LogP contribution < -0.4 is 5.73 Å². The average Bonchev–Trinajstić information content (AvgIpc) is 2.16. The molecule has 0 amide bonds. The van der Waals surface area contributed by atoms with Crippen molar-refractivity contribution in [2.45, 2.75) is 18.3 Å². The molecule has 0 heterocycles. The van der Waals surface area contributed by atoms with Gasteiger partial charge in [0.1, 0.15) is 5.82 Å². The predicted molar refractivity (Wildman–Crippen MR) is 55.4 cm³/mol. The van der Waals surface area contributed by atoms with E-state index in [2.05, 4.69) is 0 Å². The number of halogens is 3. The number of aliphatic carboxylic acids is 1. The summed E-state index contributed by atoms with van der Waals surface area (Å²) in [6, 6.07) is 4.10. The lowest BCUT2D eigenvalue weighted by Crippen LogP contribution is -2.55. The SMILES string of the molecule is CC(F)(F)C(CN)(C(=O)O)c1cccc(F)c1. The Labute approximate surface area is 96.0 Å². The van der Waals surface area contributed by atoms with Crippen LogP contribution in [0, 0.1) is 5.82 Å². The minimum atomic E-state index is -3.61. The van der Waals surface area contributed by atoms with Crippen LogP contribution in [-0.4, -0.2) is 23.5 Å². The Kier molecular flexibility index (Phi) is 3.47. The normalized spacial score (nSPS) is 15.4. The van der Waals surface area contributed by atoms with Gasteiger partial charge in [0.05, 0.1) is 0 Å². The van der Waals surface area contributed by atoms with Gasteiger partial charge in [0, 0.05) is 13.5 Å². The Hall–Kier alpha value is -1.56. The summed E-state index contributed by atoms with van der Waals surface area (Å²) < 4.78 is 40.1. The second-order valence-corrected chi connectivity index (χ2v) is 3.81. The van der Waals surface area contributed by atoms with Crippen LogP contribution in [0.5, 0.6) is 0 Å². The Morgan fingerprint density at radius 3 is 2.41 bits per heavy atom. The number of hydrogen-bond acceptors (Lipinski definition) is 2. The molecule has 1 rings (SSSR count). The van der Waals surface area contributed by atoms with Gasteiger partial charge >= 0.3 is 5.97 Å². The van der Waals surface area contributed by atoms with Crippen molar-refractivity contribution in [2.24, 2.45) is 5.73 Å². The smallest absolute Gasteiger partial charge is 0.321 e. The number of carboxylic acids is 1. The Morgan fingerprint density at radius 2 is 2.06 bits per heavy atom. The number of hydrogen-bond donors (Lipinski definition) is 2. The van der Waals surface area contributed by atoms with Crippen molar-refractivity contribution in [1.82, 2.24) is 0 Å². The topological polar surface area (TPSA) is 63.3 Å². The monoisotopic (exact) mass is 247 g/mol. The van der Waals surface area contributed by atoms with E-state index in [1.54, 1.807) is 0 Å². The highest BCUT2D eigenvalue weighted by Crippen LogP contribution is 2.39. The van der Waals surface area contributed by atoms with E-state index in [1.165, 1.54) is 6.07 Å². The highest BCUT2D eigenvalue weighted by atomic mass is 19.3. The third-order valence-electron chi connectivity index (χ3n) is 2.74. The molecule has 0 fully saturated rings. The fourth-order valence-corrected chi connectivity index (χ4v) is 1.70. The van der Waals surface area contributed by atoms with Crippen LogP contribution in [-0.2, 0) is 10.2 Å². The molecule has 3 N–H and O–H groups in total. The van der Waals surface area contributed by atoms with E-state index in [4.69, 9.17) is 10.8 Å². The molecule has 0 spiro atoms. The first-order valence-electron chi connectivity index (χ1n) is 4.83. The van der Waals surface area contributed by atoms with E-state index in [0.29, 0.717) is 6.92 Å². The molecular formula is C11H12F3NO2. The van der Waals surface area contributed by atoms with Crippen molar-refractivity contribution in [3.05, 3.63) is 35.6 Å². The van der Waals surface area contributed by atoms with E-state index in [9.17, 15) is 18.0 Å². The molecule has 1 unspecified atom stereocenters. The predicted octanol–water partition coefficient (Wildman–Crippen LogP) is 1.76. The summed E-state index contributed by atoms with van der Waals surface area (Å²) in [5.41, 5.74) is 2.23. The molecule has 0 aliphatic heterocycles. The largest absolute Gasteiger partial charge is 0.480 e. The zero-order chi connectivity index (χ0) is 13.3. The maximum atomic E-state index is 13.5. The molecule has 1 atom stereocenters. The summed E-state index contributed by atoms with van der Waals surface area (Å²) in [4.78, 5) is 11.1. The molecule has 0 bridgehead atoms. The van der Waals surface area contributed by atoms with Crippen molar-refractivity contribution in [1.29, 1.82) is 0 Å². The standard InChI is InChI=1S/C11H12F3NO2/c1-10(13,14)11(6-15,9(16)17)7-3-2-4-8(12)5-7/h2-5H,6,15H2,1H3,(H,16,17). The van der Waals surface area contributed by atoms with Gasteiger partial charge in [0.2, 0.25) is 0 Å². The second kappa shape index (κ2) is 4.37. The van der Waals surface area contributed by atoms with Crippen LogP contribution in [0.3, 0.4) is 0 Å². The van der Waals surface area contributed by atoms with E-state index < -0.39 is 29.7 Å². The highest BCUT2D eigenvalue weighted by molar-refractivity contribution is 5.83. The molecule has 6 heteroatoms. The van der Waals surface area contributed by atoms with Crippen molar-refractivity contribution in [3.8, 4) is 0 Å². The molecule has 0 aromatic heterocycles. The summed E-state index contributed by atoms with van der Waals surface area (Å²) in [5.74, 6) is -6.18. The Balaban J connectivity index is 3.49. The first-order chi connectivity index (χ1) is 7.75. The highest BCUT2D eigenvalue weighted by Gasteiger charge is 2.56. The van der Waals surface area contributed by atoms with Crippen molar-refractivity contribution in [2.75, 3.05) is 6.54 Å². The van der Waals surface area contributed by atoms with E-state index in [0.717, 1.165) is 18.2 Å². The average molecular weight is 247 g/mol. The lowest BCUT2D eigenvalue weighted by molar-refractivity contribution is -0.159. The second-order valence-electron chi connectivity index (χ2n) is 3.81. The van der Waals surface area contributed by atoms with Gasteiger partial charge in [-0.2, -0.15) is 0 Å². The number of rotatable bonds is 4. The van der Waals surface area contributed by atoms with Crippen LogP contribution >= 0.6 is 0 Å². The molecule has 94 valence electrons. The summed E-state index contributed by atoms with van der Waals surface area (Å²) in [6.07, 6.45) is 0. The van der Waals surface area contributed by atoms with Gasteiger partial charge in [-0.15, -0.1) is 0 Å². The van der Waals surface area contributed by atoms with Gasteiger partial charge in [0.15, 0.2) is 5.41 Å². The quantitative estimate of drug-likeness (QED) is 0.852. The Morgan fingerprint density at radius 1 is 1.47 bits per heavy atom. The molecular weight excluding hydrogens is 235 g/mol. The maximum Gasteiger partial charge on any atom is 0.321 e. The van der Waals surface area contributed by atoms with E-state index in [-0.39, 0.29) is 5.56 Å². The van der Waals surface area contributed by atoms with Gasteiger partial charge in [-0.1, -0.05) is 12.1 Å². The molecule has 0 radical (unpaired) electrons. The third kappa shape index (κ3) is 2.12. The molecule has 17 heavy (non-hydrogen) atoms. The minimum absolute atomic E-state index is 0.347. The molecule has 0 saturated carbocycles. The molecule has 3 nitrogen and oxygen atoms in total. The molecule has 0 aliphatic carbocycles. The zero-order valence-electron chi connectivity index (χ0n) is 9.08. The summed E-state index contributed by atoms with van der Waals surface area (Å²) in [7, 11) is 0. The Bertz CT molecular complexity index is 431. The van der Waals surface area contributed by atoms with Crippen LogP contribution in [0.4, 0.5) is 13.2 Å². The number of benzene rings is 1. The van der Waals surface area contributed by atoms with Crippen molar-refractivity contribution < 1.29 is 23.1 Å². The van der Waals surface area contributed by atoms with Crippen LogP contribution in [0.2, 0.25) is 0 Å². The molecule has 1 aromatic carbocycles.